The van der Waals surface area contributed by atoms with E-state index < -0.39 is 0 Å². The van der Waals surface area contributed by atoms with Gasteiger partial charge in [0.2, 0.25) is 0 Å². The van der Waals surface area contributed by atoms with Crippen molar-refractivity contribution in [3.05, 3.63) is 70.2 Å². The molecule has 1 fully saturated rings. The van der Waals surface area contributed by atoms with Crippen LogP contribution >= 0.6 is 11.6 Å². The van der Waals surface area contributed by atoms with Crippen LogP contribution in [0.15, 0.2) is 48.5 Å². The number of halogens is 1. The van der Waals surface area contributed by atoms with Crippen LogP contribution in [0.4, 0.5) is 0 Å². The number of carbonyl (C=O) groups excluding carboxylic acids is 1. The van der Waals surface area contributed by atoms with E-state index in [1.807, 2.05) is 24.3 Å². The molecular formula is C24H29ClO2. The van der Waals surface area contributed by atoms with E-state index in [1.54, 1.807) is 0 Å². The first-order valence-electron chi connectivity index (χ1n) is 10.2. The van der Waals surface area contributed by atoms with Gasteiger partial charge < -0.3 is 4.74 Å². The van der Waals surface area contributed by atoms with Crippen LogP contribution in [0.3, 0.4) is 0 Å². The molecule has 27 heavy (non-hydrogen) atoms. The number of unbranched alkanes of at least 4 members (excludes halogenated alkanes) is 2. The second-order valence-corrected chi connectivity index (χ2v) is 8.02. The molecule has 0 radical (unpaired) electrons. The molecule has 0 aromatic heterocycles. The Labute approximate surface area is 167 Å². The molecule has 1 aliphatic rings. The summed E-state index contributed by atoms with van der Waals surface area (Å²) < 4.78 is 5.76. The van der Waals surface area contributed by atoms with Gasteiger partial charge in [-0.05, 0) is 79.8 Å². The van der Waals surface area contributed by atoms with Crippen molar-refractivity contribution in [2.45, 2.75) is 70.3 Å². The van der Waals surface area contributed by atoms with Crippen LogP contribution in [0.5, 0.6) is 0 Å². The van der Waals surface area contributed by atoms with Gasteiger partial charge in [-0.2, -0.15) is 0 Å². The van der Waals surface area contributed by atoms with Gasteiger partial charge in [-0.1, -0.05) is 55.6 Å². The first-order chi connectivity index (χ1) is 13.2. The molecule has 2 aromatic rings. The van der Waals surface area contributed by atoms with Crippen molar-refractivity contribution in [1.29, 1.82) is 0 Å². The molecule has 0 N–H and O–H groups in total. The maximum atomic E-state index is 12.4. The largest absolute Gasteiger partial charge is 0.459 e. The molecule has 0 atom stereocenters. The number of hydrogen-bond donors (Lipinski definition) is 0. The molecule has 0 aliphatic heterocycles. The summed E-state index contributed by atoms with van der Waals surface area (Å²) in [4.78, 5) is 12.4. The Morgan fingerprint density at radius 1 is 0.963 bits per heavy atom. The fourth-order valence-corrected chi connectivity index (χ4v) is 3.98. The Morgan fingerprint density at radius 3 is 2.26 bits per heavy atom. The summed E-state index contributed by atoms with van der Waals surface area (Å²) in [5, 5.41) is 0.776. The monoisotopic (exact) mass is 384 g/mol. The second-order valence-electron chi connectivity index (χ2n) is 7.58. The molecule has 2 aromatic carbocycles. The summed E-state index contributed by atoms with van der Waals surface area (Å²) in [6, 6.07) is 16.1. The highest BCUT2D eigenvalue weighted by Gasteiger charge is 2.25. The van der Waals surface area contributed by atoms with Gasteiger partial charge in [-0.3, -0.25) is 0 Å². The van der Waals surface area contributed by atoms with Crippen molar-refractivity contribution in [1.82, 2.24) is 0 Å². The van der Waals surface area contributed by atoms with E-state index in [0.717, 1.165) is 37.1 Å². The topological polar surface area (TPSA) is 26.3 Å². The lowest BCUT2D eigenvalue weighted by Crippen LogP contribution is -2.24. The summed E-state index contributed by atoms with van der Waals surface area (Å²) in [7, 11) is 0. The Bertz CT molecular complexity index is 713. The van der Waals surface area contributed by atoms with Crippen LogP contribution in [0.25, 0.3) is 0 Å². The van der Waals surface area contributed by atoms with E-state index in [2.05, 4.69) is 31.2 Å². The standard InChI is InChI=1S/C24H29ClO2/c1-2-3-4-5-18-6-8-21(9-7-18)24(26)27-23-16-12-20(13-17-23)19-10-14-22(25)15-11-19/h6-11,14-15,20,23H,2-5,12-13,16-17H2,1H3. The Hall–Kier alpha value is -1.80. The lowest BCUT2D eigenvalue weighted by Gasteiger charge is -2.28. The third kappa shape index (κ3) is 5.84. The fourth-order valence-electron chi connectivity index (χ4n) is 3.85. The first-order valence-corrected chi connectivity index (χ1v) is 10.6. The SMILES string of the molecule is CCCCCc1ccc(C(=O)OC2CCC(c3ccc(Cl)cc3)CC2)cc1. The number of rotatable bonds is 7. The maximum Gasteiger partial charge on any atom is 0.338 e. The van der Waals surface area contributed by atoms with E-state index >= 15 is 0 Å². The highest BCUT2D eigenvalue weighted by Crippen LogP contribution is 2.34. The number of benzene rings is 2. The van der Waals surface area contributed by atoms with Gasteiger partial charge in [0.25, 0.3) is 0 Å². The number of ether oxygens (including phenoxy) is 1. The van der Waals surface area contributed by atoms with Crippen molar-refractivity contribution in [2.75, 3.05) is 0 Å². The van der Waals surface area contributed by atoms with Gasteiger partial charge in [0.15, 0.2) is 0 Å². The molecule has 0 bridgehead atoms. The van der Waals surface area contributed by atoms with E-state index in [4.69, 9.17) is 16.3 Å². The summed E-state index contributed by atoms with van der Waals surface area (Å²) >= 11 is 5.97. The highest BCUT2D eigenvalue weighted by molar-refractivity contribution is 6.30. The molecule has 3 rings (SSSR count). The van der Waals surface area contributed by atoms with Gasteiger partial charge >= 0.3 is 5.97 Å². The molecule has 0 saturated heterocycles. The lowest BCUT2D eigenvalue weighted by atomic mass is 9.83. The number of aryl methyl sites for hydroxylation is 1. The molecular weight excluding hydrogens is 356 g/mol. The molecule has 0 amide bonds. The van der Waals surface area contributed by atoms with Gasteiger partial charge in [0, 0.05) is 5.02 Å². The van der Waals surface area contributed by atoms with Crippen LogP contribution in [-0.4, -0.2) is 12.1 Å². The predicted octanol–water partition coefficient (Wildman–Crippen LogP) is 6.96. The van der Waals surface area contributed by atoms with Crippen LogP contribution < -0.4 is 0 Å². The second kappa shape index (κ2) is 9.94. The number of carbonyl (C=O) groups is 1. The van der Waals surface area contributed by atoms with Crippen molar-refractivity contribution in [3.63, 3.8) is 0 Å². The van der Waals surface area contributed by atoms with Crippen LogP contribution in [0.2, 0.25) is 5.02 Å². The van der Waals surface area contributed by atoms with Gasteiger partial charge in [-0.25, -0.2) is 4.79 Å². The highest BCUT2D eigenvalue weighted by atomic mass is 35.5. The van der Waals surface area contributed by atoms with Crippen LogP contribution in [0, 0.1) is 0 Å². The molecule has 0 heterocycles. The Morgan fingerprint density at radius 2 is 1.63 bits per heavy atom. The minimum absolute atomic E-state index is 0.0327. The molecule has 3 heteroatoms. The van der Waals surface area contributed by atoms with Gasteiger partial charge in [0.05, 0.1) is 5.56 Å². The quantitative estimate of drug-likeness (QED) is 0.381. The molecule has 144 valence electrons. The minimum atomic E-state index is -0.190. The van der Waals surface area contributed by atoms with Gasteiger partial charge in [0.1, 0.15) is 6.10 Å². The normalized spacial score (nSPS) is 19.6. The number of hydrogen-bond acceptors (Lipinski definition) is 2. The molecule has 1 saturated carbocycles. The first kappa shape index (κ1) is 19.9. The van der Waals surface area contributed by atoms with E-state index in [1.165, 1.54) is 30.4 Å². The summed E-state index contributed by atoms with van der Waals surface area (Å²) in [5.41, 5.74) is 3.29. The average molecular weight is 385 g/mol. The van der Waals surface area contributed by atoms with E-state index in [0.29, 0.717) is 11.5 Å². The molecule has 1 aliphatic carbocycles. The van der Waals surface area contributed by atoms with Crippen LogP contribution in [-0.2, 0) is 11.2 Å². The summed E-state index contributed by atoms with van der Waals surface area (Å²) in [5.74, 6) is 0.352. The zero-order valence-electron chi connectivity index (χ0n) is 16.1. The third-order valence-corrected chi connectivity index (χ3v) is 5.80. The molecule has 0 unspecified atom stereocenters. The van der Waals surface area contributed by atoms with Crippen molar-refractivity contribution < 1.29 is 9.53 Å². The van der Waals surface area contributed by atoms with Crippen LogP contribution in [0.1, 0.15) is 79.3 Å². The predicted molar refractivity (Wildman–Crippen MR) is 112 cm³/mol. The Kier molecular flexibility index (Phi) is 7.34. The average Bonchev–Trinajstić information content (AvgIpc) is 2.70. The Balaban J connectivity index is 1.47. The number of esters is 1. The third-order valence-electron chi connectivity index (χ3n) is 5.55. The maximum absolute atomic E-state index is 12.4. The molecule has 0 spiro atoms. The van der Waals surface area contributed by atoms with Gasteiger partial charge in [-0.15, -0.1) is 0 Å². The van der Waals surface area contributed by atoms with E-state index in [-0.39, 0.29) is 12.1 Å². The fraction of sp³-hybridized carbons (Fsp3) is 0.458. The summed E-state index contributed by atoms with van der Waals surface area (Å²) in [6.07, 6.45) is 8.75. The smallest absolute Gasteiger partial charge is 0.338 e. The lowest BCUT2D eigenvalue weighted by molar-refractivity contribution is 0.0195. The minimum Gasteiger partial charge on any atom is -0.459 e. The van der Waals surface area contributed by atoms with Crippen molar-refractivity contribution >= 4 is 17.6 Å². The van der Waals surface area contributed by atoms with E-state index in [9.17, 15) is 4.79 Å². The van der Waals surface area contributed by atoms with Crippen molar-refractivity contribution in [2.24, 2.45) is 0 Å². The zero-order chi connectivity index (χ0) is 19.1. The zero-order valence-corrected chi connectivity index (χ0v) is 16.9. The molecule has 2 nitrogen and oxygen atoms in total. The summed E-state index contributed by atoms with van der Waals surface area (Å²) in [6.45, 7) is 2.21. The van der Waals surface area contributed by atoms with Crippen molar-refractivity contribution in [3.8, 4) is 0 Å².